The number of halogens is 1. The van der Waals surface area contributed by atoms with Gasteiger partial charge in [0.2, 0.25) is 5.91 Å². The van der Waals surface area contributed by atoms with Crippen LogP contribution in [0, 0.1) is 13.8 Å². The lowest BCUT2D eigenvalue weighted by Gasteiger charge is -2.07. The summed E-state index contributed by atoms with van der Waals surface area (Å²) in [6.45, 7) is 4.04. The van der Waals surface area contributed by atoms with Gasteiger partial charge in [-0.3, -0.25) is 4.79 Å². The first-order chi connectivity index (χ1) is 6.49. The molecule has 1 amide bonds. The fraction of sp³-hybridized carbons (Fsp3) is 0.364. The van der Waals surface area contributed by atoms with Crippen LogP contribution in [0.5, 0.6) is 0 Å². The smallest absolute Gasteiger partial charge is 0.235 e. The molecule has 1 aromatic carbocycles. The lowest BCUT2D eigenvalue weighted by Crippen LogP contribution is -2.25. The molecule has 1 rings (SSSR count). The highest BCUT2D eigenvalue weighted by Crippen LogP contribution is 2.13. The number of carbonyl (C=O) groups is 1. The Morgan fingerprint density at radius 2 is 1.86 bits per heavy atom. The summed E-state index contributed by atoms with van der Waals surface area (Å²) in [5.41, 5.74) is 8.49. The van der Waals surface area contributed by atoms with Crippen molar-refractivity contribution in [2.75, 3.05) is 0 Å². The minimum absolute atomic E-state index is 0.467. The van der Waals surface area contributed by atoms with Gasteiger partial charge in [-0.1, -0.05) is 29.3 Å². The van der Waals surface area contributed by atoms with Crippen molar-refractivity contribution in [2.24, 2.45) is 5.73 Å². The van der Waals surface area contributed by atoms with Crippen molar-refractivity contribution in [3.05, 3.63) is 34.9 Å². The van der Waals surface area contributed by atoms with E-state index in [2.05, 4.69) is 6.07 Å². The third-order valence-electron chi connectivity index (χ3n) is 2.01. The number of amides is 1. The highest BCUT2D eigenvalue weighted by molar-refractivity contribution is 6.30. The fourth-order valence-electron chi connectivity index (χ4n) is 1.49. The zero-order valence-corrected chi connectivity index (χ0v) is 9.14. The molecule has 0 spiro atoms. The number of primary amides is 1. The van der Waals surface area contributed by atoms with Crippen LogP contribution < -0.4 is 5.73 Å². The highest BCUT2D eigenvalue weighted by Gasteiger charge is 2.12. The fourth-order valence-corrected chi connectivity index (χ4v) is 1.67. The SMILES string of the molecule is Cc1cc(C)cc(CC(Cl)C(N)=O)c1. The summed E-state index contributed by atoms with van der Waals surface area (Å²) < 4.78 is 0. The summed E-state index contributed by atoms with van der Waals surface area (Å²) in [5.74, 6) is -0.467. The molecule has 0 fully saturated rings. The number of hydrogen-bond donors (Lipinski definition) is 1. The number of alkyl halides is 1. The van der Waals surface area contributed by atoms with Crippen LogP contribution in [-0.4, -0.2) is 11.3 Å². The molecular formula is C11H14ClNO. The first kappa shape index (κ1) is 11.1. The average molecular weight is 212 g/mol. The van der Waals surface area contributed by atoms with E-state index in [-0.39, 0.29) is 0 Å². The Morgan fingerprint density at radius 1 is 1.36 bits per heavy atom. The second-order valence-electron chi connectivity index (χ2n) is 3.57. The third kappa shape index (κ3) is 3.04. The van der Waals surface area contributed by atoms with Crippen molar-refractivity contribution in [1.82, 2.24) is 0 Å². The maximum Gasteiger partial charge on any atom is 0.235 e. The Labute approximate surface area is 89.1 Å². The Kier molecular flexibility index (Phi) is 3.53. The van der Waals surface area contributed by atoms with Crippen LogP contribution >= 0.6 is 11.6 Å². The lowest BCUT2D eigenvalue weighted by atomic mass is 10.0. The minimum Gasteiger partial charge on any atom is -0.368 e. The van der Waals surface area contributed by atoms with E-state index < -0.39 is 11.3 Å². The van der Waals surface area contributed by atoms with E-state index in [0.29, 0.717) is 6.42 Å². The summed E-state index contributed by atoms with van der Waals surface area (Å²) in [7, 11) is 0. The molecule has 1 aromatic rings. The molecule has 0 aliphatic heterocycles. The highest BCUT2D eigenvalue weighted by atomic mass is 35.5. The molecule has 1 atom stereocenters. The average Bonchev–Trinajstić information content (AvgIpc) is 2.01. The van der Waals surface area contributed by atoms with E-state index in [1.165, 1.54) is 11.1 Å². The van der Waals surface area contributed by atoms with E-state index in [1.807, 2.05) is 26.0 Å². The van der Waals surface area contributed by atoms with E-state index in [4.69, 9.17) is 17.3 Å². The maximum absolute atomic E-state index is 10.8. The van der Waals surface area contributed by atoms with Crippen LogP contribution in [0.1, 0.15) is 16.7 Å². The summed E-state index contributed by atoms with van der Waals surface area (Å²) >= 11 is 5.78. The van der Waals surface area contributed by atoms with Crippen molar-refractivity contribution < 1.29 is 4.79 Å². The predicted octanol–water partition coefficient (Wildman–Crippen LogP) is 1.94. The monoisotopic (exact) mass is 211 g/mol. The van der Waals surface area contributed by atoms with E-state index in [0.717, 1.165) is 5.56 Å². The minimum atomic E-state index is -0.615. The molecule has 1 unspecified atom stereocenters. The zero-order chi connectivity index (χ0) is 10.7. The van der Waals surface area contributed by atoms with E-state index in [9.17, 15) is 4.79 Å². The van der Waals surface area contributed by atoms with Crippen molar-refractivity contribution in [3.8, 4) is 0 Å². The van der Waals surface area contributed by atoms with Crippen molar-refractivity contribution >= 4 is 17.5 Å². The van der Waals surface area contributed by atoms with Crippen molar-refractivity contribution in [1.29, 1.82) is 0 Å². The van der Waals surface area contributed by atoms with Gasteiger partial charge in [0.1, 0.15) is 5.38 Å². The molecule has 3 heteroatoms. The van der Waals surface area contributed by atoms with Gasteiger partial charge in [-0.05, 0) is 25.8 Å². The van der Waals surface area contributed by atoms with Crippen LogP contribution in [0.25, 0.3) is 0 Å². The van der Waals surface area contributed by atoms with Crippen LogP contribution in [0.15, 0.2) is 18.2 Å². The molecule has 14 heavy (non-hydrogen) atoms. The molecule has 0 radical (unpaired) electrons. The predicted molar refractivity (Wildman–Crippen MR) is 58.5 cm³/mol. The second-order valence-corrected chi connectivity index (χ2v) is 4.10. The number of hydrogen-bond acceptors (Lipinski definition) is 1. The van der Waals surface area contributed by atoms with Crippen LogP contribution in [0.2, 0.25) is 0 Å². The van der Waals surface area contributed by atoms with Gasteiger partial charge in [0, 0.05) is 0 Å². The first-order valence-electron chi connectivity index (χ1n) is 4.49. The Balaban J connectivity index is 2.81. The lowest BCUT2D eigenvalue weighted by molar-refractivity contribution is -0.117. The van der Waals surface area contributed by atoms with Gasteiger partial charge in [-0.25, -0.2) is 0 Å². The van der Waals surface area contributed by atoms with Gasteiger partial charge in [0.25, 0.3) is 0 Å². The van der Waals surface area contributed by atoms with Gasteiger partial charge in [-0.15, -0.1) is 11.6 Å². The first-order valence-corrected chi connectivity index (χ1v) is 4.93. The van der Waals surface area contributed by atoms with Gasteiger partial charge >= 0.3 is 0 Å². The summed E-state index contributed by atoms with van der Waals surface area (Å²) in [4.78, 5) is 10.8. The number of benzene rings is 1. The molecule has 0 saturated carbocycles. The zero-order valence-electron chi connectivity index (χ0n) is 8.38. The Hall–Kier alpha value is -1.02. The van der Waals surface area contributed by atoms with Crippen molar-refractivity contribution in [2.45, 2.75) is 25.6 Å². The van der Waals surface area contributed by atoms with E-state index in [1.54, 1.807) is 0 Å². The molecule has 2 N–H and O–H groups in total. The second kappa shape index (κ2) is 4.47. The Bertz CT molecular complexity index is 329. The largest absolute Gasteiger partial charge is 0.368 e. The molecular weight excluding hydrogens is 198 g/mol. The summed E-state index contributed by atoms with van der Waals surface area (Å²) in [5, 5.41) is -0.615. The number of carbonyl (C=O) groups excluding carboxylic acids is 1. The topological polar surface area (TPSA) is 43.1 Å². The molecule has 0 aliphatic carbocycles. The summed E-state index contributed by atoms with van der Waals surface area (Å²) in [6.07, 6.45) is 0.499. The van der Waals surface area contributed by atoms with Gasteiger partial charge < -0.3 is 5.73 Å². The van der Waals surface area contributed by atoms with Gasteiger partial charge in [0.05, 0.1) is 0 Å². The standard InChI is InChI=1S/C11H14ClNO/c1-7-3-8(2)5-9(4-7)6-10(12)11(13)14/h3-5,10H,6H2,1-2H3,(H2,13,14). The van der Waals surface area contributed by atoms with Gasteiger partial charge in [-0.2, -0.15) is 0 Å². The van der Waals surface area contributed by atoms with Gasteiger partial charge in [0.15, 0.2) is 0 Å². The van der Waals surface area contributed by atoms with Crippen LogP contribution in [0.3, 0.4) is 0 Å². The number of aryl methyl sites for hydroxylation is 2. The maximum atomic E-state index is 10.8. The molecule has 76 valence electrons. The molecule has 2 nitrogen and oxygen atoms in total. The number of rotatable bonds is 3. The third-order valence-corrected chi connectivity index (χ3v) is 2.37. The van der Waals surface area contributed by atoms with Crippen molar-refractivity contribution in [3.63, 3.8) is 0 Å². The molecule has 0 aliphatic rings. The van der Waals surface area contributed by atoms with E-state index >= 15 is 0 Å². The molecule has 0 aromatic heterocycles. The summed E-state index contributed by atoms with van der Waals surface area (Å²) in [6, 6.07) is 6.12. The molecule has 0 saturated heterocycles. The van der Waals surface area contributed by atoms with Crippen LogP contribution in [0.4, 0.5) is 0 Å². The van der Waals surface area contributed by atoms with Crippen LogP contribution in [-0.2, 0) is 11.2 Å². The normalized spacial score (nSPS) is 12.5. The quantitative estimate of drug-likeness (QED) is 0.763. The molecule has 0 heterocycles. The molecule has 0 bridgehead atoms. The Morgan fingerprint density at radius 3 is 2.29 bits per heavy atom. The number of nitrogens with two attached hydrogens (primary N) is 1.